The molecule has 0 aliphatic rings. The molecule has 2 aromatic rings. The summed E-state index contributed by atoms with van der Waals surface area (Å²) in [6.07, 6.45) is 1.73. The monoisotopic (exact) mass is 386 g/mol. The largest absolute Gasteiger partial charge is 0.493 e. The normalized spacial score (nSPS) is 10.6. The Morgan fingerprint density at radius 3 is 2.29 bits per heavy atom. The van der Waals surface area contributed by atoms with Gasteiger partial charge in [0, 0.05) is 0 Å². The van der Waals surface area contributed by atoms with Crippen molar-refractivity contribution in [2.45, 2.75) is 20.3 Å². The van der Waals surface area contributed by atoms with Crippen LogP contribution in [0.1, 0.15) is 25.0 Å². The SMILES string of the molecule is CCOc1ccc(C=NNC(=O)Cc2ccc(OC)c(OC)c2)cc1OCC. The van der Waals surface area contributed by atoms with E-state index in [4.69, 9.17) is 18.9 Å². The molecule has 7 heteroatoms. The van der Waals surface area contributed by atoms with Crippen LogP contribution in [0.15, 0.2) is 41.5 Å². The van der Waals surface area contributed by atoms with Crippen molar-refractivity contribution in [2.24, 2.45) is 5.10 Å². The summed E-state index contributed by atoms with van der Waals surface area (Å²) in [5, 5.41) is 4.01. The lowest BCUT2D eigenvalue weighted by molar-refractivity contribution is -0.120. The molecule has 0 saturated carbocycles. The molecule has 7 nitrogen and oxygen atoms in total. The summed E-state index contributed by atoms with van der Waals surface area (Å²) in [6.45, 7) is 4.91. The molecule has 0 heterocycles. The van der Waals surface area contributed by atoms with Gasteiger partial charge in [-0.15, -0.1) is 0 Å². The van der Waals surface area contributed by atoms with Gasteiger partial charge in [0.05, 0.1) is 40.1 Å². The molecule has 0 aromatic heterocycles. The van der Waals surface area contributed by atoms with Gasteiger partial charge in [-0.2, -0.15) is 5.10 Å². The molecule has 0 fully saturated rings. The van der Waals surface area contributed by atoms with Gasteiger partial charge in [0.1, 0.15) is 0 Å². The maximum absolute atomic E-state index is 12.1. The standard InChI is InChI=1S/C21H26N2O5/c1-5-27-18-10-8-16(12-20(18)28-6-2)14-22-23-21(24)13-15-7-9-17(25-3)19(11-15)26-4/h7-12,14H,5-6,13H2,1-4H3,(H,23,24). The predicted octanol–water partition coefficient (Wildman–Crippen LogP) is 3.19. The Hall–Kier alpha value is -3.22. The molecule has 0 radical (unpaired) electrons. The highest BCUT2D eigenvalue weighted by molar-refractivity contribution is 5.84. The van der Waals surface area contributed by atoms with Crippen molar-refractivity contribution >= 4 is 12.1 Å². The number of nitrogens with zero attached hydrogens (tertiary/aromatic N) is 1. The number of hydrogen-bond donors (Lipinski definition) is 1. The van der Waals surface area contributed by atoms with E-state index < -0.39 is 0 Å². The van der Waals surface area contributed by atoms with E-state index in [0.717, 1.165) is 11.1 Å². The van der Waals surface area contributed by atoms with Gasteiger partial charge in [-0.25, -0.2) is 5.43 Å². The van der Waals surface area contributed by atoms with Crippen molar-refractivity contribution < 1.29 is 23.7 Å². The molecule has 0 saturated heterocycles. The first-order chi connectivity index (χ1) is 13.6. The van der Waals surface area contributed by atoms with Gasteiger partial charge >= 0.3 is 0 Å². The van der Waals surface area contributed by atoms with E-state index in [9.17, 15) is 4.79 Å². The number of methoxy groups -OCH3 is 2. The Morgan fingerprint density at radius 1 is 0.929 bits per heavy atom. The summed E-state index contributed by atoms with van der Waals surface area (Å²) in [5.41, 5.74) is 4.11. The summed E-state index contributed by atoms with van der Waals surface area (Å²) < 4.78 is 21.6. The van der Waals surface area contributed by atoms with E-state index in [2.05, 4.69) is 10.5 Å². The lowest BCUT2D eigenvalue weighted by atomic mass is 10.1. The number of carbonyl (C=O) groups is 1. The van der Waals surface area contributed by atoms with Crippen molar-refractivity contribution in [3.63, 3.8) is 0 Å². The summed E-state index contributed by atoms with van der Waals surface area (Å²) in [6, 6.07) is 10.8. The quantitative estimate of drug-likeness (QED) is 0.501. The average Bonchev–Trinajstić information content (AvgIpc) is 2.70. The number of hydrazone groups is 1. The maximum Gasteiger partial charge on any atom is 0.244 e. The summed E-state index contributed by atoms with van der Waals surface area (Å²) in [5.74, 6) is 2.28. The second-order valence-electron chi connectivity index (χ2n) is 5.73. The molecule has 1 amide bonds. The summed E-state index contributed by atoms with van der Waals surface area (Å²) in [7, 11) is 3.12. The fourth-order valence-corrected chi connectivity index (χ4v) is 2.54. The van der Waals surface area contributed by atoms with Crippen LogP contribution in [0.5, 0.6) is 23.0 Å². The molecule has 0 spiro atoms. The van der Waals surface area contributed by atoms with Gasteiger partial charge in [0.15, 0.2) is 23.0 Å². The predicted molar refractivity (Wildman–Crippen MR) is 108 cm³/mol. The summed E-state index contributed by atoms with van der Waals surface area (Å²) in [4.78, 5) is 12.1. The van der Waals surface area contributed by atoms with E-state index in [-0.39, 0.29) is 12.3 Å². The number of carbonyl (C=O) groups excluding carboxylic acids is 1. The van der Waals surface area contributed by atoms with Crippen LogP contribution in [-0.2, 0) is 11.2 Å². The number of amides is 1. The minimum atomic E-state index is -0.237. The Labute approximate surface area is 165 Å². The topological polar surface area (TPSA) is 78.4 Å². The van der Waals surface area contributed by atoms with Crippen LogP contribution >= 0.6 is 0 Å². The second-order valence-corrected chi connectivity index (χ2v) is 5.73. The Kier molecular flexibility index (Phi) is 8.14. The molecular formula is C21H26N2O5. The van der Waals surface area contributed by atoms with Gasteiger partial charge in [0.25, 0.3) is 0 Å². The highest BCUT2D eigenvalue weighted by Gasteiger charge is 2.08. The van der Waals surface area contributed by atoms with Gasteiger partial charge in [-0.3, -0.25) is 4.79 Å². The molecule has 0 unspecified atom stereocenters. The smallest absolute Gasteiger partial charge is 0.244 e. The first kappa shape index (κ1) is 21.1. The van der Waals surface area contributed by atoms with Crippen LogP contribution < -0.4 is 24.4 Å². The average molecular weight is 386 g/mol. The number of ether oxygens (including phenoxy) is 4. The van der Waals surface area contributed by atoms with Gasteiger partial charge in [-0.1, -0.05) is 6.07 Å². The number of hydrogen-bond acceptors (Lipinski definition) is 6. The van der Waals surface area contributed by atoms with Crippen LogP contribution in [0.4, 0.5) is 0 Å². The van der Waals surface area contributed by atoms with Crippen molar-refractivity contribution in [2.75, 3.05) is 27.4 Å². The van der Waals surface area contributed by atoms with Crippen molar-refractivity contribution in [1.82, 2.24) is 5.43 Å². The van der Waals surface area contributed by atoms with E-state index in [1.807, 2.05) is 38.1 Å². The van der Waals surface area contributed by atoms with Crippen molar-refractivity contribution in [3.8, 4) is 23.0 Å². The highest BCUT2D eigenvalue weighted by Crippen LogP contribution is 2.28. The number of nitrogens with one attached hydrogen (secondary N) is 1. The minimum Gasteiger partial charge on any atom is -0.493 e. The van der Waals surface area contributed by atoms with E-state index in [1.165, 1.54) is 0 Å². The molecule has 28 heavy (non-hydrogen) atoms. The Balaban J connectivity index is 1.98. The lowest BCUT2D eigenvalue weighted by Gasteiger charge is -2.11. The third-order valence-electron chi connectivity index (χ3n) is 3.78. The first-order valence-corrected chi connectivity index (χ1v) is 9.03. The molecule has 2 rings (SSSR count). The Bertz CT molecular complexity index is 820. The number of benzene rings is 2. The molecule has 150 valence electrons. The van der Waals surface area contributed by atoms with Gasteiger partial charge in [-0.05, 0) is 55.3 Å². The van der Waals surface area contributed by atoms with Crippen molar-refractivity contribution in [3.05, 3.63) is 47.5 Å². The molecule has 0 bridgehead atoms. The molecular weight excluding hydrogens is 360 g/mol. The Morgan fingerprint density at radius 2 is 1.61 bits per heavy atom. The maximum atomic E-state index is 12.1. The van der Waals surface area contributed by atoms with Gasteiger partial charge in [0.2, 0.25) is 5.91 Å². The minimum absolute atomic E-state index is 0.172. The van der Waals surface area contributed by atoms with E-state index >= 15 is 0 Å². The molecule has 0 atom stereocenters. The lowest BCUT2D eigenvalue weighted by Crippen LogP contribution is -2.19. The van der Waals surface area contributed by atoms with E-state index in [1.54, 1.807) is 32.6 Å². The van der Waals surface area contributed by atoms with Crippen molar-refractivity contribution in [1.29, 1.82) is 0 Å². The van der Waals surface area contributed by atoms with Crippen LogP contribution in [0.2, 0.25) is 0 Å². The third kappa shape index (κ3) is 5.90. The molecule has 0 aliphatic carbocycles. The van der Waals surface area contributed by atoms with E-state index in [0.29, 0.717) is 36.2 Å². The first-order valence-electron chi connectivity index (χ1n) is 9.03. The number of rotatable bonds is 10. The zero-order valence-electron chi connectivity index (χ0n) is 16.7. The zero-order valence-corrected chi connectivity index (χ0v) is 16.7. The molecule has 1 N–H and O–H groups in total. The zero-order chi connectivity index (χ0) is 20.4. The van der Waals surface area contributed by atoms with Crippen LogP contribution in [0.3, 0.4) is 0 Å². The van der Waals surface area contributed by atoms with Crippen LogP contribution in [-0.4, -0.2) is 39.6 Å². The van der Waals surface area contributed by atoms with Crippen LogP contribution in [0, 0.1) is 0 Å². The molecule has 0 aliphatic heterocycles. The fourth-order valence-electron chi connectivity index (χ4n) is 2.54. The fraction of sp³-hybridized carbons (Fsp3) is 0.333. The van der Waals surface area contributed by atoms with Gasteiger partial charge < -0.3 is 18.9 Å². The third-order valence-corrected chi connectivity index (χ3v) is 3.78. The summed E-state index contributed by atoms with van der Waals surface area (Å²) >= 11 is 0. The molecule has 2 aromatic carbocycles. The highest BCUT2D eigenvalue weighted by atomic mass is 16.5. The second kappa shape index (κ2) is 10.8. The van der Waals surface area contributed by atoms with Crippen LogP contribution in [0.25, 0.3) is 0 Å².